The second-order valence-corrected chi connectivity index (χ2v) is 12.8. The Labute approximate surface area is 220 Å². The largest absolute Gasteiger partial charge is 0.350 e. The number of aromatic nitrogens is 1. The van der Waals surface area contributed by atoms with Crippen molar-refractivity contribution in [2.75, 3.05) is 6.54 Å². The molecule has 3 aromatic rings. The first-order chi connectivity index (χ1) is 17.4. The molecule has 1 aliphatic heterocycles. The van der Waals surface area contributed by atoms with E-state index in [2.05, 4.69) is 43.5 Å². The van der Waals surface area contributed by atoms with Gasteiger partial charge >= 0.3 is 0 Å². The van der Waals surface area contributed by atoms with Crippen LogP contribution in [0.2, 0.25) is 0 Å². The smallest absolute Gasteiger partial charge is 0.243 e. The number of carbonyl (C=O) groups excluding carboxylic acids is 1. The Bertz CT molecular complexity index is 1320. The molecule has 0 saturated carbocycles. The summed E-state index contributed by atoms with van der Waals surface area (Å²) in [6.45, 7) is 11.9. The Kier molecular flexibility index (Phi) is 7.92. The van der Waals surface area contributed by atoms with Crippen molar-refractivity contribution >= 4 is 15.9 Å². The van der Waals surface area contributed by atoms with Gasteiger partial charge in [-0.2, -0.15) is 4.31 Å². The average Bonchev–Trinajstić information content (AvgIpc) is 3.32. The second kappa shape index (κ2) is 10.8. The zero-order valence-corrected chi connectivity index (χ0v) is 23.2. The molecule has 1 amide bonds. The number of rotatable bonds is 8. The first-order valence-corrected chi connectivity index (χ1v) is 14.2. The van der Waals surface area contributed by atoms with E-state index in [0.717, 1.165) is 23.4 Å². The topological polar surface area (TPSA) is 83.4 Å². The lowest BCUT2D eigenvalue weighted by molar-refractivity contribution is -0.122. The van der Waals surface area contributed by atoms with Gasteiger partial charge in [0, 0.05) is 43.5 Å². The fourth-order valence-electron chi connectivity index (χ4n) is 4.63. The van der Waals surface area contributed by atoms with Crippen LogP contribution in [-0.4, -0.2) is 35.3 Å². The summed E-state index contributed by atoms with van der Waals surface area (Å²) in [6.07, 6.45) is 1.99. The molecule has 2 heterocycles. The Morgan fingerprint density at radius 2 is 1.70 bits per heavy atom. The SMILES string of the molecule is Cc1ccc(S(=O)(=O)N2CCn3cccc3C2CC(=O)N[C@H](C)c2ccc(CNC(C)(C)C)cc2)cc1. The van der Waals surface area contributed by atoms with Crippen LogP contribution in [0.4, 0.5) is 0 Å². The van der Waals surface area contributed by atoms with Crippen LogP contribution in [0.25, 0.3) is 0 Å². The van der Waals surface area contributed by atoms with Gasteiger partial charge < -0.3 is 15.2 Å². The van der Waals surface area contributed by atoms with Gasteiger partial charge in [0.15, 0.2) is 0 Å². The minimum Gasteiger partial charge on any atom is -0.350 e. The predicted octanol–water partition coefficient (Wildman–Crippen LogP) is 4.70. The highest BCUT2D eigenvalue weighted by atomic mass is 32.2. The molecule has 7 nitrogen and oxygen atoms in total. The summed E-state index contributed by atoms with van der Waals surface area (Å²) in [6, 6.07) is 18.1. The molecule has 198 valence electrons. The molecule has 0 aliphatic carbocycles. The van der Waals surface area contributed by atoms with Crippen LogP contribution in [-0.2, 0) is 27.9 Å². The van der Waals surface area contributed by atoms with Gasteiger partial charge in [0.25, 0.3) is 0 Å². The van der Waals surface area contributed by atoms with Gasteiger partial charge in [0.1, 0.15) is 0 Å². The summed E-state index contributed by atoms with van der Waals surface area (Å²) >= 11 is 0. The second-order valence-electron chi connectivity index (χ2n) is 10.9. The third-order valence-corrected chi connectivity index (χ3v) is 8.72. The van der Waals surface area contributed by atoms with Crippen molar-refractivity contribution in [1.82, 2.24) is 19.5 Å². The number of amides is 1. The molecule has 1 aromatic heterocycles. The number of sulfonamides is 1. The maximum atomic E-state index is 13.6. The van der Waals surface area contributed by atoms with Crippen LogP contribution < -0.4 is 10.6 Å². The molecular formula is C29H38N4O3S. The number of nitrogens with one attached hydrogen (secondary N) is 2. The molecule has 1 unspecified atom stereocenters. The lowest BCUT2D eigenvalue weighted by Gasteiger charge is -2.36. The van der Waals surface area contributed by atoms with E-state index in [9.17, 15) is 13.2 Å². The van der Waals surface area contributed by atoms with Gasteiger partial charge in [0.2, 0.25) is 15.9 Å². The first kappa shape index (κ1) is 27.1. The quantitative estimate of drug-likeness (QED) is 0.449. The number of nitrogens with zero attached hydrogens (tertiary/aromatic N) is 2. The fourth-order valence-corrected chi connectivity index (χ4v) is 6.22. The van der Waals surface area contributed by atoms with E-state index in [1.165, 1.54) is 9.87 Å². The van der Waals surface area contributed by atoms with Crippen LogP contribution in [0.5, 0.6) is 0 Å². The van der Waals surface area contributed by atoms with E-state index in [1.807, 2.05) is 48.9 Å². The number of benzene rings is 2. The summed E-state index contributed by atoms with van der Waals surface area (Å²) < 4.78 is 30.7. The molecule has 0 fully saturated rings. The molecule has 8 heteroatoms. The third kappa shape index (κ3) is 6.50. The number of carbonyl (C=O) groups is 1. The lowest BCUT2D eigenvalue weighted by atomic mass is 10.0. The standard InChI is InChI=1S/C29H38N4O3S/c1-21-8-14-25(15-9-21)37(35,36)33-18-17-32-16-6-7-26(32)27(33)19-28(34)31-22(2)24-12-10-23(11-13-24)20-30-29(3,4)5/h6-16,22,27,30H,17-20H2,1-5H3,(H,31,34)/t22-,27?/m1/s1. The van der Waals surface area contributed by atoms with Gasteiger partial charge in [-0.1, -0.05) is 42.0 Å². The molecule has 2 N–H and O–H groups in total. The summed E-state index contributed by atoms with van der Waals surface area (Å²) in [5, 5.41) is 6.55. The third-order valence-electron chi connectivity index (χ3n) is 6.80. The van der Waals surface area contributed by atoms with Gasteiger partial charge in [-0.25, -0.2) is 8.42 Å². The maximum Gasteiger partial charge on any atom is 0.243 e. The van der Waals surface area contributed by atoms with E-state index >= 15 is 0 Å². The lowest BCUT2D eigenvalue weighted by Crippen LogP contribution is -2.44. The molecule has 2 aromatic carbocycles. The molecule has 0 bridgehead atoms. The Hall–Kier alpha value is -2.94. The van der Waals surface area contributed by atoms with Gasteiger partial charge in [-0.05, 0) is 70.0 Å². The molecule has 1 aliphatic rings. The predicted molar refractivity (Wildman–Crippen MR) is 146 cm³/mol. The summed E-state index contributed by atoms with van der Waals surface area (Å²) in [7, 11) is -3.76. The highest BCUT2D eigenvalue weighted by Crippen LogP contribution is 2.34. The number of fused-ring (bicyclic) bond motifs is 1. The molecule has 0 radical (unpaired) electrons. The number of hydrogen-bond acceptors (Lipinski definition) is 4. The van der Waals surface area contributed by atoms with E-state index in [0.29, 0.717) is 13.1 Å². The van der Waals surface area contributed by atoms with E-state index < -0.39 is 16.1 Å². The zero-order valence-electron chi connectivity index (χ0n) is 22.4. The van der Waals surface area contributed by atoms with Crippen molar-refractivity contribution in [2.45, 2.75) is 76.6 Å². The molecule has 0 saturated heterocycles. The number of hydrogen-bond donors (Lipinski definition) is 2. The van der Waals surface area contributed by atoms with Gasteiger partial charge in [-0.3, -0.25) is 4.79 Å². The maximum absolute atomic E-state index is 13.6. The van der Waals surface area contributed by atoms with Crippen molar-refractivity contribution in [3.63, 3.8) is 0 Å². The number of aryl methyl sites for hydroxylation is 1. The van der Waals surface area contributed by atoms with Crippen molar-refractivity contribution in [2.24, 2.45) is 0 Å². The molecule has 2 atom stereocenters. The Morgan fingerprint density at radius 1 is 1.03 bits per heavy atom. The van der Waals surface area contributed by atoms with Crippen LogP contribution in [0.3, 0.4) is 0 Å². The van der Waals surface area contributed by atoms with Crippen LogP contribution >= 0.6 is 0 Å². The monoisotopic (exact) mass is 522 g/mol. The van der Waals surface area contributed by atoms with Gasteiger partial charge in [-0.15, -0.1) is 0 Å². The van der Waals surface area contributed by atoms with E-state index in [1.54, 1.807) is 24.3 Å². The van der Waals surface area contributed by atoms with Crippen molar-refractivity contribution in [3.05, 3.63) is 89.2 Å². The fraction of sp³-hybridized carbons (Fsp3) is 0.414. The molecule has 37 heavy (non-hydrogen) atoms. The van der Waals surface area contributed by atoms with Crippen LogP contribution in [0, 0.1) is 6.92 Å². The highest BCUT2D eigenvalue weighted by Gasteiger charge is 2.37. The summed E-state index contributed by atoms with van der Waals surface area (Å²) in [4.78, 5) is 13.5. The normalized spacial score (nSPS) is 17.3. The Morgan fingerprint density at radius 3 is 2.35 bits per heavy atom. The molecular weight excluding hydrogens is 484 g/mol. The summed E-state index contributed by atoms with van der Waals surface area (Å²) in [5.41, 5.74) is 4.05. The average molecular weight is 523 g/mol. The Balaban J connectivity index is 1.48. The zero-order chi connectivity index (χ0) is 26.8. The minimum absolute atomic E-state index is 0.0414. The first-order valence-electron chi connectivity index (χ1n) is 12.8. The van der Waals surface area contributed by atoms with E-state index in [4.69, 9.17) is 0 Å². The minimum atomic E-state index is -3.76. The van der Waals surface area contributed by atoms with E-state index in [-0.39, 0.29) is 28.8 Å². The highest BCUT2D eigenvalue weighted by molar-refractivity contribution is 7.89. The van der Waals surface area contributed by atoms with Crippen LogP contribution in [0.1, 0.15) is 68.6 Å². The van der Waals surface area contributed by atoms with Gasteiger partial charge in [0.05, 0.1) is 17.0 Å². The summed E-state index contributed by atoms with van der Waals surface area (Å²) in [5.74, 6) is -0.185. The van der Waals surface area contributed by atoms with Crippen LogP contribution in [0.15, 0.2) is 71.8 Å². The molecule has 4 rings (SSSR count). The van der Waals surface area contributed by atoms with Crippen molar-refractivity contribution in [1.29, 1.82) is 0 Å². The molecule has 0 spiro atoms. The van der Waals surface area contributed by atoms with Crippen molar-refractivity contribution in [3.8, 4) is 0 Å². The van der Waals surface area contributed by atoms with Crippen molar-refractivity contribution < 1.29 is 13.2 Å².